The Bertz CT molecular complexity index is 343. The van der Waals surface area contributed by atoms with Crippen molar-refractivity contribution < 1.29 is 4.79 Å². The van der Waals surface area contributed by atoms with E-state index in [0.717, 1.165) is 12.1 Å². The number of nitrogens with zero attached hydrogens (tertiary/aromatic N) is 2. The van der Waals surface area contributed by atoms with Crippen LogP contribution in [-0.4, -0.2) is 49.4 Å². The summed E-state index contributed by atoms with van der Waals surface area (Å²) < 4.78 is 0. The molecule has 0 aromatic heterocycles. The zero-order chi connectivity index (χ0) is 12.7. The fourth-order valence-electron chi connectivity index (χ4n) is 1.55. The first-order valence-electron chi connectivity index (χ1n) is 5.80. The van der Waals surface area contributed by atoms with Gasteiger partial charge in [0.25, 0.3) is 0 Å². The molecule has 0 aliphatic rings. The Morgan fingerprint density at radius 3 is 2.28 bits per heavy atom. The third-order valence-electron chi connectivity index (χ3n) is 2.56. The van der Waals surface area contributed by atoms with Crippen LogP contribution in [-0.2, 0) is 11.3 Å². The van der Waals surface area contributed by atoms with Crippen molar-refractivity contribution in [3.63, 3.8) is 0 Å². The second-order valence-electron chi connectivity index (χ2n) is 4.31. The van der Waals surface area contributed by atoms with Gasteiger partial charge < -0.3 is 15.5 Å². The molecule has 18 heavy (non-hydrogen) atoms. The maximum absolute atomic E-state index is 11.7. The number of hydrogen-bond donors (Lipinski definition) is 1. The van der Waals surface area contributed by atoms with Crippen LogP contribution >= 0.6 is 12.4 Å². The van der Waals surface area contributed by atoms with Gasteiger partial charge in [-0.1, -0.05) is 30.3 Å². The number of rotatable bonds is 6. The molecular weight excluding hydrogens is 250 g/mol. The van der Waals surface area contributed by atoms with Crippen LogP contribution in [0.15, 0.2) is 30.3 Å². The van der Waals surface area contributed by atoms with Gasteiger partial charge in [0.1, 0.15) is 0 Å². The predicted octanol–water partition coefficient (Wildman–Crippen LogP) is 0.957. The number of carbonyl (C=O) groups is 1. The largest absolute Gasteiger partial charge is 0.336 e. The van der Waals surface area contributed by atoms with Crippen molar-refractivity contribution in [2.24, 2.45) is 5.73 Å². The minimum atomic E-state index is -0.00398. The molecule has 1 rings (SSSR count). The zero-order valence-electron chi connectivity index (χ0n) is 11.0. The van der Waals surface area contributed by atoms with Crippen LogP contribution in [0.25, 0.3) is 0 Å². The van der Waals surface area contributed by atoms with Crippen molar-refractivity contribution in [1.82, 2.24) is 9.80 Å². The molecule has 102 valence electrons. The van der Waals surface area contributed by atoms with E-state index in [0.29, 0.717) is 13.1 Å². The third-order valence-corrected chi connectivity index (χ3v) is 2.56. The van der Waals surface area contributed by atoms with Gasteiger partial charge in [-0.15, -0.1) is 12.4 Å². The van der Waals surface area contributed by atoms with Crippen molar-refractivity contribution in [2.45, 2.75) is 6.54 Å². The van der Waals surface area contributed by atoms with E-state index in [2.05, 4.69) is 4.90 Å². The average molecular weight is 272 g/mol. The average Bonchev–Trinajstić information content (AvgIpc) is 2.34. The van der Waals surface area contributed by atoms with Crippen molar-refractivity contribution in [3.05, 3.63) is 35.9 Å². The maximum Gasteiger partial charge on any atom is 0.236 e. The van der Waals surface area contributed by atoms with Gasteiger partial charge in [0.2, 0.25) is 5.91 Å². The molecule has 4 nitrogen and oxygen atoms in total. The highest BCUT2D eigenvalue weighted by Crippen LogP contribution is 2.04. The Morgan fingerprint density at radius 2 is 1.78 bits per heavy atom. The van der Waals surface area contributed by atoms with E-state index < -0.39 is 0 Å². The summed E-state index contributed by atoms with van der Waals surface area (Å²) in [6.07, 6.45) is 0. The molecule has 0 saturated heterocycles. The summed E-state index contributed by atoms with van der Waals surface area (Å²) in [5, 5.41) is 0. The van der Waals surface area contributed by atoms with Gasteiger partial charge >= 0.3 is 0 Å². The summed E-state index contributed by atoms with van der Waals surface area (Å²) >= 11 is 0. The highest BCUT2D eigenvalue weighted by atomic mass is 35.5. The van der Waals surface area contributed by atoms with E-state index >= 15 is 0 Å². The molecule has 1 aromatic rings. The van der Waals surface area contributed by atoms with Gasteiger partial charge in [-0.05, 0) is 19.7 Å². The molecule has 0 aliphatic carbocycles. The van der Waals surface area contributed by atoms with E-state index in [1.165, 1.54) is 0 Å². The van der Waals surface area contributed by atoms with Crippen LogP contribution in [0.2, 0.25) is 0 Å². The minimum Gasteiger partial charge on any atom is -0.336 e. The normalized spacial score (nSPS) is 10.0. The number of likely N-dealkylation sites (N-methyl/N-ethyl adjacent to an activating group) is 1. The molecule has 0 fully saturated rings. The minimum absolute atomic E-state index is 0. The highest BCUT2D eigenvalue weighted by molar-refractivity contribution is 5.85. The lowest BCUT2D eigenvalue weighted by molar-refractivity contribution is -0.130. The van der Waals surface area contributed by atoms with E-state index in [1.54, 1.807) is 4.90 Å². The van der Waals surface area contributed by atoms with Crippen LogP contribution in [0, 0.1) is 0 Å². The Balaban J connectivity index is 0.00000289. The summed E-state index contributed by atoms with van der Waals surface area (Å²) in [4.78, 5) is 15.6. The summed E-state index contributed by atoms with van der Waals surface area (Å²) in [7, 11) is 3.99. The van der Waals surface area contributed by atoms with Crippen LogP contribution < -0.4 is 5.73 Å². The fraction of sp³-hybridized carbons (Fsp3) is 0.462. The Morgan fingerprint density at radius 1 is 1.17 bits per heavy atom. The van der Waals surface area contributed by atoms with Crippen molar-refractivity contribution in [2.75, 3.05) is 33.7 Å². The van der Waals surface area contributed by atoms with Gasteiger partial charge in [0.05, 0.1) is 6.54 Å². The molecule has 0 radical (unpaired) electrons. The quantitative estimate of drug-likeness (QED) is 0.838. The Labute approximate surface area is 115 Å². The molecule has 0 unspecified atom stereocenters. The lowest BCUT2D eigenvalue weighted by Gasteiger charge is -2.24. The molecule has 2 N–H and O–H groups in total. The molecule has 0 aliphatic heterocycles. The molecule has 5 heteroatoms. The topological polar surface area (TPSA) is 49.6 Å². The summed E-state index contributed by atoms with van der Waals surface area (Å²) in [6.45, 7) is 2.25. The van der Waals surface area contributed by atoms with Gasteiger partial charge in [0.15, 0.2) is 0 Å². The number of halogens is 1. The van der Waals surface area contributed by atoms with E-state index in [9.17, 15) is 4.79 Å². The van der Waals surface area contributed by atoms with Gasteiger partial charge in [-0.25, -0.2) is 0 Å². The van der Waals surface area contributed by atoms with Crippen LogP contribution in [0.3, 0.4) is 0 Å². The molecular formula is C13H22ClN3O. The SMILES string of the molecule is CN(C)CCN(Cc1ccccc1)C(=O)CN.Cl. The summed E-state index contributed by atoms with van der Waals surface area (Å²) in [5.74, 6) is -0.00398. The fourth-order valence-corrected chi connectivity index (χ4v) is 1.55. The standard InChI is InChI=1S/C13H21N3O.ClH/c1-15(2)8-9-16(13(17)10-14)11-12-6-4-3-5-7-12;/h3-7H,8-11,14H2,1-2H3;1H. The first-order valence-corrected chi connectivity index (χ1v) is 5.80. The second kappa shape index (κ2) is 8.91. The molecule has 0 atom stereocenters. The van der Waals surface area contributed by atoms with Gasteiger partial charge in [0, 0.05) is 19.6 Å². The summed E-state index contributed by atoms with van der Waals surface area (Å²) in [5.41, 5.74) is 6.56. The molecule has 1 amide bonds. The molecule has 1 aromatic carbocycles. The van der Waals surface area contributed by atoms with E-state index in [4.69, 9.17) is 5.73 Å². The maximum atomic E-state index is 11.7. The second-order valence-corrected chi connectivity index (χ2v) is 4.31. The lowest BCUT2D eigenvalue weighted by Crippen LogP contribution is -2.39. The first kappa shape index (κ1) is 16.9. The Hall–Kier alpha value is -1.10. The number of nitrogens with two attached hydrogens (primary N) is 1. The number of hydrogen-bond acceptors (Lipinski definition) is 3. The predicted molar refractivity (Wildman–Crippen MR) is 76.7 cm³/mol. The Kier molecular flexibility index (Phi) is 8.37. The first-order chi connectivity index (χ1) is 8.13. The zero-order valence-corrected chi connectivity index (χ0v) is 11.8. The van der Waals surface area contributed by atoms with Crippen LogP contribution in [0.5, 0.6) is 0 Å². The molecule has 0 spiro atoms. The van der Waals surface area contributed by atoms with Crippen molar-refractivity contribution in [3.8, 4) is 0 Å². The van der Waals surface area contributed by atoms with Crippen molar-refractivity contribution in [1.29, 1.82) is 0 Å². The van der Waals surface area contributed by atoms with E-state index in [1.807, 2.05) is 44.4 Å². The number of benzene rings is 1. The molecule has 0 bridgehead atoms. The van der Waals surface area contributed by atoms with Gasteiger partial charge in [-0.2, -0.15) is 0 Å². The van der Waals surface area contributed by atoms with Crippen molar-refractivity contribution >= 4 is 18.3 Å². The smallest absolute Gasteiger partial charge is 0.236 e. The van der Waals surface area contributed by atoms with Crippen LogP contribution in [0.1, 0.15) is 5.56 Å². The monoisotopic (exact) mass is 271 g/mol. The highest BCUT2D eigenvalue weighted by Gasteiger charge is 2.12. The van der Waals surface area contributed by atoms with Crippen LogP contribution in [0.4, 0.5) is 0 Å². The number of amides is 1. The molecule has 0 heterocycles. The summed E-state index contributed by atoms with van der Waals surface area (Å²) in [6, 6.07) is 9.97. The van der Waals surface area contributed by atoms with Gasteiger partial charge in [-0.3, -0.25) is 4.79 Å². The number of carbonyl (C=O) groups excluding carboxylic acids is 1. The third kappa shape index (κ3) is 6.00. The lowest BCUT2D eigenvalue weighted by atomic mass is 10.2. The van der Waals surface area contributed by atoms with E-state index in [-0.39, 0.29) is 24.9 Å². The molecule has 0 saturated carbocycles.